The van der Waals surface area contributed by atoms with Crippen molar-refractivity contribution < 1.29 is 4.79 Å². The number of urea groups is 1. The number of amides is 2. The smallest absolute Gasteiger partial charge is 0.316 e. The number of fused-ring (bicyclic) bond motifs is 1. The van der Waals surface area contributed by atoms with Gasteiger partial charge in [0.1, 0.15) is 0 Å². The standard InChI is InChI=1S/C23H26N4O/c1-17-12-13-21(20-11-7-15-25-22(17)20)26-23(28)27(19-9-3-2-4-10-19)16-18-8-5-6-14-24-18/h5-8,11-15,19H,2-4,9-10,16H2,1H3,(H,26,28). The van der Waals surface area contributed by atoms with Crippen molar-refractivity contribution in [1.29, 1.82) is 0 Å². The largest absolute Gasteiger partial charge is 0.322 e. The molecule has 0 radical (unpaired) electrons. The van der Waals surface area contributed by atoms with Crippen molar-refractivity contribution >= 4 is 22.6 Å². The maximum Gasteiger partial charge on any atom is 0.322 e. The van der Waals surface area contributed by atoms with E-state index in [1.807, 2.05) is 54.3 Å². The Hall–Kier alpha value is -2.95. The zero-order valence-corrected chi connectivity index (χ0v) is 16.3. The molecule has 1 saturated carbocycles. The molecule has 0 unspecified atom stereocenters. The Morgan fingerprint density at radius 1 is 1.04 bits per heavy atom. The summed E-state index contributed by atoms with van der Waals surface area (Å²) in [6.07, 6.45) is 9.28. The number of carbonyl (C=O) groups excluding carboxylic acids is 1. The van der Waals surface area contributed by atoms with Crippen LogP contribution in [0.2, 0.25) is 0 Å². The highest BCUT2D eigenvalue weighted by atomic mass is 16.2. The number of rotatable bonds is 4. The molecule has 0 saturated heterocycles. The van der Waals surface area contributed by atoms with Gasteiger partial charge in [0.2, 0.25) is 0 Å². The number of aromatic nitrogens is 2. The van der Waals surface area contributed by atoms with Crippen LogP contribution in [0.3, 0.4) is 0 Å². The minimum atomic E-state index is -0.0634. The van der Waals surface area contributed by atoms with Crippen LogP contribution in [0, 0.1) is 6.92 Å². The molecular formula is C23H26N4O. The lowest BCUT2D eigenvalue weighted by Gasteiger charge is -2.34. The number of nitrogens with one attached hydrogen (secondary N) is 1. The van der Waals surface area contributed by atoms with E-state index in [2.05, 4.69) is 15.3 Å². The van der Waals surface area contributed by atoms with Crippen LogP contribution in [-0.4, -0.2) is 26.9 Å². The first-order valence-corrected chi connectivity index (χ1v) is 10.0. The molecule has 5 heteroatoms. The predicted octanol–water partition coefficient (Wildman–Crippen LogP) is 5.31. The molecule has 0 aliphatic heterocycles. The fraction of sp³-hybridized carbons (Fsp3) is 0.348. The molecule has 144 valence electrons. The highest BCUT2D eigenvalue weighted by Gasteiger charge is 2.26. The van der Waals surface area contributed by atoms with Gasteiger partial charge in [-0.25, -0.2) is 4.79 Å². The van der Waals surface area contributed by atoms with Gasteiger partial charge in [-0.3, -0.25) is 9.97 Å². The zero-order chi connectivity index (χ0) is 19.3. The van der Waals surface area contributed by atoms with Crippen LogP contribution in [0.4, 0.5) is 10.5 Å². The molecule has 0 bridgehead atoms. The van der Waals surface area contributed by atoms with E-state index < -0.39 is 0 Å². The topological polar surface area (TPSA) is 58.1 Å². The Morgan fingerprint density at radius 3 is 2.64 bits per heavy atom. The highest BCUT2D eigenvalue weighted by molar-refractivity contribution is 6.01. The van der Waals surface area contributed by atoms with Crippen molar-refractivity contribution in [2.24, 2.45) is 0 Å². The minimum Gasteiger partial charge on any atom is -0.316 e. The Bertz CT molecular complexity index is 951. The molecule has 1 aliphatic carbocycles. The molecule has 0 atom stereocenters. The summed E-state index contributed by atoms with van der Waals surface area (Å²) < 4.78 is 0. The molecule has 1 fully saturated rings. The van der Waals surface area contributed by atoms with Crippen LogP contribution in [0.25, 0.3) is 10.9 Å². The van der Waals surface area contributed by atoms with Gasteiger partial charge < -0.3 is 10.2 Å². The lowest BCUT2D eigenvalue weighted by molar-refractivity contribution is 0.162. The third-order valence-corrected chi connectivity index (χ3v) is 5.55. The first-order valence-electron chi connectivity index (χ1n) is 10.0. The summed E-state index contributed by atoms with van der Waals surface area (Å²) >= 11 is 0. The van der Waals surface area contributed by atoms with Gasteiger partial charge >= 0.3 is 6.03 Å². The summed E-state index contributed by atoms with van der Waals surface area (Å²) in [4.78, 5) is 24.2. The van der Waals surface area contributed by atoms with Crippen LogP contribution in [0.15, 0.2) is 54.9 Å². The quantitative estimate of drug-likeness (QED) is 0.674. The molecule has 0 spiro atoms. The van der Waals surface area contributed by atoms with Crippen LogP contribution in [0.1, 0.15) is 43.4 Å². The first kappa shape index (κ1) is 18.4. The molecule has 28 heavy (non-hydrogen) atoms. The molecule has 2 amide bonds. The van der Waals surface area contributed by atoms with E-state index in [4.69, 9.17) is 0 Å². The monoisotopic (exact) mass is 374 g/mol. The van der Waals surface area contributed by atoms with Crippen molar-refractivity contribution in [3.63, 3.8) is 0 Å². The number of benzene rings is 1. The number of aryl methyl sites for hydroxylation is 1. The van der Waals surface area contributed by atoms with Gasteiger partial charge in [0, 0.05) is 23.8 Å². The third-order valence-electron chi connectivity index (χ3n) is 5.55. The van der Waals surface area contributed by atoms with E-state index in [1.165, 1.54) is 19.3 Å². The summed E-state index contributed by atoms with van der Waals surface area (Å²) in [6, 6.07) is 13.9. The van der Waals surface area contributed by atoms with E-state index in [-0.39, 0.29) is 12.1 Å². The van der Waals surface area contributed by atoms with Gasteiger partial charge in [0.25, 0.3) is 0 Å². The molecular weight excluding hydrogens is 348 g/mol. The maximum absolute atomic E-state index is 13.3. The lowest BCUT2D eigenvalue weighted by Crippen LogP contribution is -2.43. The normalized spacial score (nSPS) is 14.8. The van der Waals surface area contributed by atoms with Crippen LogP contribution in [0.5, 0.6) is 0 Å². The Balaban J connectivity index is 1.61. The molecule has 2 aromatic heterocycles. The Labute approximate surface area is 165 Å². The van der Waals surface area contributed by atoms with Crippen LogP contribution >= 0.6 is 0 Å². The van der Waals surface area contributed by atoms with Gasteiger partial charge in [-0.2, -0.15) is 0 Å². The van der Waals surface area contributed by atoms with Crippen molar-refractivity contribution in [1.82, 2.24) is 14.9 Å². The highest BCUT2D eigenvalue weighted by Crippen LogP contribution is 2.27. The van der Waals surface area contributed by atoms with E-state index in [0.717, 1.165) is 40.7 Å². The van der Waals surface area contributed by atoms with Crippen LogP contribution < -0.4 is 5.32 Å². The predicted molar refractivity (Wildman–Crippen MR) is 112 cm³/mol. The molecule has 5 nitrogen and oxygen atoms in total. The number of hydrogen-bond donors (Lipinski definition) is 1. The molecule has 1 aromatic carbocycles. The Morgan fingerprint density at radius 2 is 1.86 bits per heavy atom. The van der Waals surface area contributed by atoms with E-state index in [9.17, 15) is 4.79 Å². The minimum absolute atomic E-state index is 0.0634. The fourth-order valence-corrected chi connectivity index (χ4v) is 4.04. The number of carbonyl (C=O) groups is 1. The SMILES string of the molecule is Cc1ccc(NC(=O)N(Cc2ccccn2)C2CCCCC2)c2cccnc12. The summed E-state index contributed by atoms with van der Waals surface area (Å²) in [7, 11) is 0. The number of nitrogens with zero attached hydrogens (tertiary/aromatic N) is 3. The van der Waals surface area contributed by atoms with Crippen molar-refractivity contribution in [3.05, 3.63) is 66.1 Å². The van der Waals surface area contributed by atoms with Gasteiger partial charge in [-0.05, 0) is 55.7 Å². The summed E-state index contributed by atoms with van der Waals surface area (Å²) in [5.41, 5.74) is 3.75. The average Bonchev–Trinajstić information content (AvgIpc) is 2.75. The Kier molecular flexibility index (Phi) is 5.51. The summed E-state index contributed by atoms with van der Waals surface area (Å²) in [5.74, 6) is 0. The van der Waals surface area contributed by atoms with Crippen LogP contribution in [-0.2, 0) is 6.54 Å². The second kappa shape index (κ2) is 8.38. The van der Waals surface area contributed by atoms with Gasteiger partial charge in [-0.15, -0.1) is 0 Å². The second-order valence-electron chi connectivity index (χ2n) is 7.50. The molecule has 1 N–H and O–H groups in total. The van der Waals surface area contributed by atoms with Crippen molar-refractivity contribution in [2.75, 3.05) is 5.32 Å². The zero-order valence-electron chi connectivity index (χ0n) is 16.3. The average molecular weight is 374 g/mol. The van der Waals surface area contributed by atoms with E-state index >= 15 is 0 Å². The van der Waals surface area contributed by atoms with Gasteiger partial charge in [0.05, 0.1) is 23.4 Å². The first-order chi connectivity index (χ1) is 13.7. The lowest BCUT2D eigenvalue weighted by atomic mass is 9.94. The van der Waals surface area contributed by atoms with Gasteiger partial charge in [-0.1, -0.05) is 31.4 Å². The van der Waals surface area contributed by atoms with E-state index in [1.54, 1.807) is 12.4 Å². The molecule has 2 heterocycles. The summed E-state index contributed by atoms with van der Waals surface area (Å²) in [6.45, 7) is 2.57. The van der Waals surface area contributed by atoms with Crippen molar-refractivity contribution in [3.8, 4) is 0 Å². The van der Waals surface area contributed by atoms with Crippen molar-refractivity contribution in [2.45, 2.75) is 51.6 Å². The number of anilines is 1. The second-order valence-corrected chi connectivity index (χ2v) is 7.50. The number of hydrogen-bond acceptors (Lipinski definition) is 3. The maximum atomic E-state index is 13.3. The molecule has 4 rings (SSSR count). The summed E-state index contributed by atoms with van der Waals surface area (Å²) in [5, 5.41) is 4.12. The third kappa shape index (κ3) is 3.98. The van der Waals surface area contributed by atoms with Gasteiger partial charge in [0.15, 0.2) is 0 Å². The number of pyridine rings is 2. The molecule has 1 aliphatic rings. The fourth-order valence-electron chi connectivity index (χ4n) is 4.04. The van der Waals surface area contributed by atoms with E-state index in [0.29, 0.717) is 6.54 Å². The molecule has 3 aromatic rings.